The maximum atomic E-state index is 13.5. The SMILES string of the molecule is CC(C)c1nc2ccccc2n1CCCC(=O)N1C[C@H](O)C[C@](C)(O)[C@@H](n2cnc3c2c(=O)n(C)c(=O)n3C)C1. The van der Waals surface area contributed by atoms with Gasteiger partial charge in [-0.05, 0) is 25.5 Å². The number of hydrogen-bond acceptors (Lipinski definition) is 7. The Bertz CT molecular complexity index is 1690. The minimum atomic E-state index is -1.45. The quantitative estimate of drug-likeness (QED) is 0.368. The number of carbonyl (C=O) groups is 1. The summed E-state index contributed by atoms with van der Waals surface area (Å²) in [5, 5.41) is 22.2. The zero-order valence-electron chi connectivity index (χ0n) is 23.6. The van der Waals surface area contributed by atoms with Crippen molar-refractivity contribution in [2.24, 2.45) is 14.1 Å². The first-order chi connectivity index (χ1) is 18.9. The molecule has 4 heterocycles. The highest BCUT2D eigenvalue weighted by molar-refractivity contribution is 5.77. The molecule has 0 aliphatic carbocycles. The zero-order valence-corrected chi connectivity index (χ0v) is 23.6. The summed E-state index contributed by atoms with van der Waals surface area (Å²) in [5.74, 6) is 1.05. The van der Waals surface area contributed by atoms with Gasteiger partial charge in [0.15, 0.2) is 11.2 Å². The van der Waals surface area contributed by atoms with E-state index in [1.54, 1.807) is 16.4 Å². The molecule has 0 unspecified atom stereocenters. The van der Waals surface area contributed by atoms with Crippen LogP contribution in [0.5, 0.6) is 0 Å². The summed E-state index contributed by atoms with van der Waals surface area (Å²) in [7, 11) is 2.92. The van der Waals surface area contributed by atoms with Crippen LogP contribution >= 0.6 is 0 Å². The number of rotatable bonds is 6. The van der Waals surface area contributed by atoms with Crippen molar-refractivity contribution in [3.8, 4) is 0 Å². The van der Waals surface area contributed by atoms with Gasteiger partial charge in [0, 0.05) is 52.5 Å². The monoisotopic (exact) mass is 551 g/mol. The van der Waals surface area contributed by atoms with E-state index in [2.05, 4.69) is 23.4 Å². The first-order valence-electron chi connectivity index (χ1n) is 13.7. The minimum Gasteiger partial charge on any atom is -0.391 e. The van der Waals surface area contributed by atoms with Crippen molar-refractivity contribution in [1.29, 1.82) is 0 Å². The predicted octanol–water partition coefficient (Wildman–Crippen LogP) is 1.27. The maximum absolute atomic E-state index is 13.5. The van der Waals surface area contributed by atoms with Crippen LogP contribution in [0.4, 0.5) is 0 Å². The van der Waals surface area contributed by atoms with Crippen molar-refractivity contribution in [3.05, 3.63) is 57.3 Å². The van der Waals surface area contributed by atoms with Gasteiger partial charge < -0.3 is 24.2 Å². The number of nitrogens with zero attached hydrogens (tertiary/aromatic N) is 7. The van der Waals surface area contributed by atoms with Crippen LogP contribution in [-0.4, -0.2) is 74.1 Å². The molecular formula is C28H37N7O5. The molecule has 12 heteroatoms. The lowest BCUT2D eigenvalue weighted by Gasteiger charge is -2.34. The number of aromatic nitrogens is 6. The molecule has 1 amide bonds. The third-order valence-corrected chi connectivity index (χ3v) is 8.03. The average Bonchev–Trinajstić information content (AvgIpc) is 3.47. The first kappa shape index (κ1) is 27.8. The lowest BCUT2D eigenvalue weighted by molar-refractivity contribution is -0.133. The number of likely N-dealkylation sites (tertiary alicyclic amines) is 1. The van der Waals surface area contributed by atoms with Crippen molar-refractivity contribution in [1.82, 2.24) is 33.1 Å². The smallest absolute Gasteiger partial charge is 0.332 e. The molecule has 2 N–H and O–H groups in total. The molecule has 0 saturated carbocycles. The molecule has 3 atom stereocenters. The standard InChI is InChI=1S/C28H37N7O5/c1-17(2)24-30-19-9-6-7-10-20(19)34(24)12-8-11-22(37)33-14-18(36)13-28(3,40)21(15-33)35-16-29-25-23(35)26(38)32(5)27(39)31(25)4/h6-7,9-10,16-18,21,36,40H,8,11-15H2,1-5H3/t18-,21+,28+/m1/s1. The number of para-hydroxylation sites is 2. The number of benzene rings is 1. The van der Waals surface area contributed by atoms with Crippen LogP contribution < -0.4 is 11.2 Å². The molecule has 1 fully saturated rings. The van der Waals surface area contributed by atoms with E-state index in [-0.39, 0.29) is 48.9 Å². The van der Waals surface area contributed by atoms with Crippen molar-refractivity contribution < 1.29 is 15.0 Å². The number of imidazole rings is 2. The Balaban J connectivity index is 1.41. The third-order valence-electron chi connectivity index (χ3n) is 8.03. The van der Waals surface area contributed by atoms with Crippen LogP contribution in [0, 0.1) is 0 Å². The Morgan fingerprint density at radius 1 is 1.15 bits per heavy atom. The molecule has 1 aromatic carbocycles. The maximum Gasteiger partial charge on any atom is 0.332 e. The van der Waals surface area contributed by atoms with Gasteiger partial charge in [0.1, 0.15) is 5.82 Å². The Labute approximate surface area is 231 Å². The Hall–Kier alpha value is -3.77. The fourth-order valence-electron chi connectivity index (χ4n) is 5.92. The van der Waals surface area contributed by atoms with Crippen molar-refractivity contribution in [2.45, 2.75) is 70.2 Å². The second-order valence-electron chi connectivity index (χ2n) is 11.4. The predicted molar refractivity (Wildman–Crippen MR) is 150 cm³/mol. The Kier molecular flexibility index (Phi) is 7.17. The zero-order chi connectivity index (χ0) is 28.9. The molecule has 3 aromatic heterocycles. The van der Waals surface area contributed by atoms with E-state index in [4.69, 9.17) is 4.98 Å². The lowest BCUT2D eigenvalue weighted by Crippen LogP contribution is -2.44. The van der Waals surface area contributed by atoms with Crippen LogP contribution in [0.1, 0.15) is 57.8 Å². The van der Waals surface area contributed by atoms with E-state index in [0.29, 0.717) is 13.0 Å². The van der Waals surface area contributed by atoms with Gasteiger partial charge in [-0.25, -0.2) is 14.8 Å². The molecular weight excluding hydrogens is 514 g/mol. The van der Waals surface area contributed by atoms with Crippen LogP contribution in [0.3, 0.4) is 0 Å². The van der Waals surface area contributed by atoms with Crippen molar-refractivity contribution in [2.75, 3.05) is 13.1 Å². The highest BCUT2D eigenvalue weighted by Gasteiger charge is 2.42. The molecule has 12 nitrogen and oxygen atoms in total. The summed E-state index contributed by atoms with van der Waals surface area (Å²) in [6.07, 6.45) is 1.29. The number of carbonyl (C=O) groups excluding carboxylic acids is 1. The van der Waals surface area contributed by atoms with Gasteiger partial charge >= 0.3 is 5.69 Å². The summed E-state index contributed by atoms with van der Waals surface area (Å²) in [6.45, 7) is 6.54. The fraction of sp³-hybridized carbons (Fsp3) is 0.536. The van der Waals surface area contributed by atoms with Gasteiger partial charge in [-0.3, -0.25) is 18.7 Å². The average molecular weight is 552 g/mol. The number of amides is 1. The van der Waals surface area contributed by atoms with Gasteiger partial charge in [0.05, 0.1) is 35.1 Å². The van der Waals surface area contributed by atoms with E-state index < -0.39 is 29.0 Å². The molecule has 1 aliphatic heterocycles. The highest BCUT2D eigenvalue weighted by atomic mass is 16.3. The summed E-state index contributed by atoms with van der Waals surface area (Å²) >= 11 is 0. The molecule has 0 bridgehead atoms. The van der Waals surface area contributed by atoms with E-state index >= 15 is 0 Å². The van der Waals surface area contributed by atoms with Gasteiger partial charge in [0.2, 0.25) is 5.91 Å². The van der Waals surface area contributed by atoms with Gasteiger partial charge in [-0.15, -0.1) is 0 Å². The number of aliphatic hydroxyl groups is 2. The summed E-state index contributed by atoms with van der Waals surface area (Å²) in [6, 6.07) is 7.18. The summed E-state index contributed by atoms with van der Waals surface area (Å²) in [5.41, 5.74) is -0.190. The molecule has 0 spiro atoms. The van der Waals surface area contributed by atoms with E-state index in [1.807, 2.05) is 24.3 Å². The Morgan fingerprint density at radius 3 is 2.60 bits per heavy atom. The van der Waals surface area contributed by atoms with Crippen LogP contribution in [-0.2, 0) is 25.4 Å². The van der Waals surface area contributed by atoms with E-state index in [0.717, 1.165) is 21.4 Å². The number of aryl methyl sites for hydroxylation is 2. The summed E-state index contributed by atoms with van der Waals surface area (Å²) < 4.78 is 5.98. The second-order valence-corrected chi connectivity index (χ2v) is 11.4. The molecule has 1 aliphatic rings. The largest absolute Gasteiger partial charge is 0.391 e. The number of hydrogen-bond donors (Lipinski definition) is 2. The molecule has 4 aromatic rings. The normalized spacial score (nSPS) is 21.9. The van der Waals surface area contributed by atoms with Gasteiger partial charge in [0.25, 0.3) is 5.56 Å². The first-order valence-corrected chi connectivity index (χ1v) is 13.7. The highest BCUT2D eigenvalue weighted by Crippen LogP contribution is 2.33. The molecule has 0 radical (unpaired) electrons. The lowest BCUT2D eigenvalue weighted by atomic mass is 9.91. The van der Waals surface area contributed by atoms with Gasteiger partial charge in [-0.2, -0.15) is 0 Å². The fourth-order valence-corrected chi connectivity index (χ4v) is 5.92. The van der Waals surface area contributed by atoms with E-state index in [1.165, 1.54) is 25.0 Å². The number of fused-ring (bicyclic) bond motifs is 2. The van der Waals surface area contributed by atoms with Crippen molar-refractivity contribution in [3.63, 3.8) is 0 Å². The Morgan fingerprint density at radius 2 is 1.88 bits per heavy atom. The molecule has 1 saturated heterocycles. The third kappa shape index (κ3) is 4.75. The molecule has 40 heavy (non-hydrogen) atoms. The number of β-amino-alcohol motifs (C(OH)–C–C–N with tert-alkyl or cyclic N) is 1. The second kappa shape index (κ2) is 10.3. The van der Waals surface area contributed by atoms with Crippen LogP contribution in [0.15, 0.2) is 40.2 Å². The van der Waals surface area contributed by atoms with Gasteiger partial charge in [-0.1, -0.05) is 26.0 Å². The summed E-state index contributed by atoms with van der Waals surface area (Å²) in [4.78, 5) is 49.6. The van der Waals surface area contributed by atoms with Crippen LogP contribution in [0.25, 0.3) is 22.2 Å². The molecule has 5 rings (SSSR count). The number of aliphatic hydroxyl groups excluding tert-OH is 1. The van der Waals surface area contributed by atoms with Crippen LogP contribution in [0.2, 0.25) is 0 Å². The topological polar surface area (TPSA) is 140 Å². The van der Waals surface area contributed by atoms with E-state index in [9.17, 15) is 24.6 Å². The molecule has 214 valence electrons. The van der Waals surface area contributed by atoms with Crippen molar-refractivity contribution >= 4 is 28.1 Å². The minimum absolute atomic E-state index is 0.00593.